The van der Waals surface area contributed by atoms with Crippen LogP contribution in [0.1, 0.15) is 41.2 Å². The van der Waals surface area contributed by atoms with Crippen LogP contribution in [0.25, 0.3) is 0 Å². The molecule has 0 saturated heterocycles. The molecule has 30 heavy (non-hydrogen) atoms. The maximum atomic E-state index is 11.0. The second-order valence-corrected chi connectivity index (χ2v) is 8.63. The fourth-order valence-electron chi connectivity index (χ4n) is 4.44. The van der Waals surface area contributed by atoms with Gasteiger partial charge in [0.05, 0.1) is 6.10 Å². The predicted octanol–water partition coefficient (Wildman–Crippen LogP) is 5.53. The first-order chi connectivity index (χ1) is 14.6. The van der Waals surface area contributed by atoms with Crippen LogP contribution in [0.4, 0.5) is 0 Å². The highest BCUT2D eigenvalue weighted by atomic mass is 35.5. The molecule has 0 spiro atoms. The number of hydrogen-bond donors (Lipinski definition) is 2. The van der Waals surface area contributed by atoms with E-state index in [1.807, 2.05) is 36.4 Å². The topological polar surface area (TPSA) is 43.7 Å². The van der Waals surface area contributed by atoms with Crippen LogP contribution >= 0.6 is 11.6 Å². The minimum absolute atomic E-state index is 0.294. The molecule has 0 heterocycles. The average molecular weight is 422 g/mol. The molecule has 2 N–H and O–H groups in total. The third-order valence-electron chi connectivity index (χ3n) is 6.01. The summed E-state index contributed by atoms with van der Waals surface area (Å²) in [4.78, 5) is 2.39. The van der Waals surface area contributed by atoms with Gasteiger partial charge < -0.3 is 10.2 Å². The molecule has 0 radical (unpaired) electrons. The van der Waals surface area contributed by atoms with Crippen LogP contribution in [0, 0.1) is 0 Å². The molecule has 4 heteroatoms. The lowest BCUT2D eigenvalue weighted by atomic mass is 9.99. The molecule has 0 aromatic heterocycles. The molecular weight excluding hydrogens is 394 g/mol. The molecule has 0 bridgehead atoms. The van der Waals surface area contributed by atoms with Crippen molar-refractivity contribution in [2.75, 3.05) is 6.54 Å². The quantitative estimate of drug-likeness (QED) is 0.514. The van der Waals surface area contributed by atoms with Gasteiger partial charge in [0.25, 0.3) is 0 Å². The smallest absolute Gasteiger partial charge is 0.115 e. The Morgan fingerprint density at radius 3 is 2.60 bits per heavy atom. The molecule has 4 rings (SSSR count). The van der Waals surface area contributed by atoms with E-state index in [-0.39, 0.29) is 0 Å². The highest BCUT2D eigenvalue weighted by molar-refractivity contribution is 6.30. The van der Waals surface area contributed by atoms with Gasteiger partial charge in [0, 0.05) is 24.2 Å². The van der Waals surface area contributed by atoms with Crippen molar-refractivity contribution in [1.82, 2.24) is 4.90 Å². The van der Waals surface area contributed by atoms with Gasteiger partial charge in [-0.1, -0.05) is 60.1 Å². The maximum Gasteiger partial charge on any atom is 0.115 e. The number of hydrogen-bond acceptors (Lipinski definition) is 3. The van der Waals surface area contributed by atoms with Crippen molar-refractivity contribution >= 4 is 11.6 Å². The zero-order valence-corrected chi connectivity index (χ0v) is 17.8. The van der Waals surface area contributed by atoms with Gasteiger partial charge in [-0.15, -0.1) is 0 Å². The summed E-state index contributed by atoms with van der Waals surface area (Å²) in [5.74, 6) is 0.322. The molecule has 1 aliphatic rings. The van der Waals surface area contributed by atoms with E-state index < -0.39 is 6.10 Å². The van der Waals surface area contributed by atoms with Crippen LogP contribution in [0.2, 0.25) is 5.02 Å². The van der Waals surface area contributed by atoms with Gasteiger partial charge in [-0.2, -0.15) is 0 Å². The number of fused-ring (bicyclic) bond motifs is 1. The predicted molar refractivity (Wildman–Crippen MR) is 122 cm³/mol. The molecule has 3 aromatic rings. The van der Waals surface area contributed by atoms with E-state index >= 15 is 0 Å². The number of halogens is 1. The van der Waals surface area contributed by atoms with E-state index in [0.29, 0.717) is 23.4 Å². The van der Waals surface area contributed by atoms with Crippen molar-refractivity contribution < 1.29 is 10.2 Å². The van der Waals surface area contributed by atoms with Crippen molar-refractivity contribution in [3.05, 3.63) is 100 Å². The number of benzene rings is 3. The van der Waals surface area contributed by atoms with Crippen molar-refractivity contribution in [3.8, 4) is 5.75 Å². The Balaban J connectivity index is 1.59. The zero-order valence-electron chi connectivity index (χ0n) is 17.0. The normalized spacial score (nSPS) is 17.4. The van der Waals surface area contributed by atoms with Crippen LogP contribution in [0.15, 0.2) is 72.8 Å². The number of aromatic hydroxyl groups is 1. The lowest BCUT2D eigenvalue weighted by Gasteiger charge is -2.33. The van der Waals surface area contributed by atoms with Crippen LogP contribution < -0.4 is 0 Å². The van der Waals surface area contributed by atoms with E-state index in [0.717, 1.165) is 37.8 Å². The fourth-order valence-corrected chi connectivity index (χ4v) is 4.64. The van der Waals surface area contributed by atoms with Crippen LogP contribution in [-0.2, 0) is 19.4 Å². The van der Waals surface area contributed by atoms with Crippen molar-refractivity contribution in [1.29, 1.82) is 0 Å². The van der Waals surface area contributed by atoms with Crippen molar-refractivity contribution in [2.24, 2.45) is 0 Å². The van der Waals surface area contributed by atoms with E-state index in [1.54, 1.807) is 6.07 Å². The Kier molecular flexibility index (Phi) is 6.73. The molecule has 0 amide bonds. The highest BCUT2D eigenvalue weighted by Crippen LogP contribution is 2.29. The van der Waals surface area contributed by atoms with Gasteiger partial charge in [0.1, 0.15) is 5.75 Å². The van der Waals surface area contributed by atoms with Crippen molar-refractivity contribution in [3.63, 3.8) is 0 Å². The van der Waals surface area contributed by atoms with Gasteiger partial charge in [-0.3, -0.25) is 4.90 Å². The Morgan fingerprint density at radius 2 is 1.80 bits per heavy atom. The number of aliphatic hydroxyl groups excluding tert-OH is 1. The van der Waals surface area contributed by atoms with Gasteiger partial charge in [0.15, 0.2) is 0 Å². The molecule has 1 aliphatic carbocycles. The summed E-state index contributed by atoms with van der Waals surface area (Å²) in [5.41, 5.74) is 4.61. The molecule has 3 nitrogen and oxygen atoms in total. The third-order valence-corrected chi connectivity index (χ3v) is 6.25. The molecule has 2 atom stereocenters. The fraction of sp³-hybridized carbons (Fsp3) is 0.308. The minimum Gasteiger partial charge on any atom is -0.508 e. The molecule has 156 valence electrons. The van der Waals surface area contributed by atoms with Gasteiger partial charge >= 0.3 is 0 Å². The van der Waals surface area contributed by atoms with Crippen molar-refractivity contribution in [2.45, 2.75) is 44.4 Å². The summed E-state index contributed by atoms with van der Waals surface area (Å²) in [6.07, 6.45) is 3.45. The summed E-state index contributed by atoms with van der Waals surface area (Å²) < 4.78 is 0. The molecular formula is C26H28ClNO2. The highest BCUT2D eigenvalue weighted by Gasteiger charge is 2.25. The average Bonchev–Trinajstić information content (AvgIpc) is 2.96. The minimum atomic E-state index is -0.612. The number of nitrogens with zero attached hydrogens (tertiary/aromatic N) is 1. The van der Waals surface area contributed by atoms with Gasteiger partial charge in [0.2, 0.25) is 0 Å². The van der Waals surface area contributed by atoms with Crippen LogP contribution in [0.3, 0.4) is 0 Å². The third kappa shape index (κ3) is 5.23. The summed E-state index contributed by atoms with van der Waals surface area (Å²) in [6, 6.07) is 23.9. The standard InChI is InChI=1S/C26H28ClNO2/c27-23-10-4-9-21(14-23)26(30)18-28(17-19-6-2-1-3-7-19)24-11-5-8-20-12-13-25(29)16-22(20)15-24/h1-4,6-7,9-10,12-14,16,24,26,29-30H,5,8,11,15,17-18H2/t24?,26-/m0/s1. The first-order valence-corrected chi connectivity index (χ1v) is 11.0. The summed E-state index contributed by atoms with van der Waals surface area (Å²) in [7, 11) is 0. The monoisotopic (exact) mass is 421 g/mol. The SMILES string of the molecule is Oc1ccc2c(c1)CC(N(Cc1ccccc1)C[C@H](O)c1cccc(Cl)c1)CCC2. The largest absolute Gasteiger partial charge is 0.508 e. The number of aliphatic hydroxyl groups is 1. The lowest BCUT2D eigenvalue weighted by Crippen LogP contribution is -2.39. The number of phenols is 1. The second kappa shape index (κ2) is 9.65. The maximum absolute atomic E-state index is 11.0. The Hall–Kier alpha value is -2.33. The molecule has 0 fully saturated rings. The number of aryl methyl sites for hydroxylation is 1. The van der Waals surface area contributed by atoms with Gasteiger partial charge in [-0.05, 0) is 72.2 Å². The van der Waals surface area contributed by atoms with Crippen LogP contribution in [-0.4, -0.2) is 27.7 Å². The Bertz CT molecular complexity index is 976. The summed E-state index contributed by atoms with van der Waals surface area (Å²) >= 11 is 6.15. The summed E-state index contributed by atoms with van der Waals surface area (Å²) in [6.45, 7) is 1.31. The van der Waals surface area contributed by atoms with E-state index in [4.69, 9.17) is 11.6 Å². The first kappa shape index (κ1) is 20.9. The summed E-state index contributed by atoms with van der Waals surface area (Å²) in [5, 5.41) is 21.6. The van der Waals surface area contributed by atoms with E-state index in [9.17, 15) is 10.2 Å². The van der Waals surface area contributed by atoms with E-state index in [2.05, 4.69) is 35.2 Å². The Morgan fingerprint density at radius 1 is 0.967 bits per heavy atom. The molecule has 0 saturated carbocycles. The lowest BCUT2D eigenvalue weighted by molar-refractivity contribution is 0.0778. The Labute approximate surface area is 183 Å². The number of phenolic OH excluding ortho intramolecular Hbond substituents is 1. The molecule has 1 unspecified atom stereocenters. The second-order valence-electron chi connectivity index (χ2n) is 8.19. The zero-order chi connectivity index (χ0) is 20.9. The van der Waals surface area contributed by atoms with Crippen LogP contribution in [0.5, 0.6) is 5.75 Å². The molecule has 3 aromatic carbocycles. The molecule has 0 aliphatic heterocycles. The van der Waals surface area contributed by atoms with E-state index in [1.165, 1.54) is 16.7 Å². The van der Waals surface area contributed by atoms with Gasteiger partial charge in [-0.25, -0.2) is 0 Å². The first-order valence-electron chi connectivity index (χ1n) is 10.6. The number of rotatable bonds is 6.